The number of unbranched alkanes of at least 4 members (excludes halogenated alkanes) is 1. The first-order chi connectivity index (χ1) is 5.81. The summed E-state index contributed by atoms with van der Waals surface area (Å²) in [5.74, 6) is 1.49. The number of rotatable bonds is 8. The van der Waals surface area contributed by atoms with Crippen LogP contribution in [-0.2, 0) is 4.74 Å². The predicted octanol–water partition coefficient (Wildman–Crippen LogP) is 3.46. The fourth-order valence-corrected chi connectivity index (χ4v) is 1.34. The summed E-state index contributed by atoms with van der Waals surface area (Å²) < 4.78 is 5.45. The van der Waals surface area contributed by atoms with Gasteiger partial charge in [0.05, 0.1) is 0 Å². The highest BCUT2D eigenvalue weighted by molar-refractivity contribution is 6.17. The Morgan fingerprint density at radius 3 is 2.58 bits per heavy atom. The molecule has 12 heavy (non-hydrogen) atoms. The van der Waals surface area contributed by atoms with Crippen LogP contribution in [0.4, 0.5) is 0 Å². The zero-order valence-electron chi connectivity index (χ0n) is 8.31. The average Bonchev–Trinajstić information content (AvgIpc) is 2.05. The smallest absolute Gasteiger partial charge is 0.0468 e. The van der Waals surface area contributed by atoms with Crippen molar-refractivity contribution in [3.63, 3.8) is 0 Å². The molecule has 0 aliphatic carbocycles. The summed E-state index contributed by atoms with van der Waals surface area (Å²) in [6, 6.07) is 0. The molecule has 1 nitrogen and oxygen atoms in total. The standard InChI is InChI=1S/C10H21ClO/c1-3-4-8-12-9-6-10(2)5-7-11/h10H,3-9H2,1-2H3. The molecule has 0 saturated heterocycles. The Kier molecular flexibility index (Phi) is 9.53. The van der Waals surface area contributed by atoms with Gasteiger partial charge in [0.25, 0.3) is 0 Å². The molecular weight excluding hydrogens is 172 g/mol. The quantitative estimate of drug-likeness (QED) is 0.423. The fourth-order valence-electron chi connectivity index (χ4n) is 0.964. The van der Waals surface area contributed by atoms with Crippen LogP contribution in [0.25, 0.3) is 0 Å². The van der Waals surface area contributed by atoms with Crippen LogP contribution in [0.15, 0.2) is 0 Å². The number of ether oxygens (including phenoxy) is 1. The van der Waals surface area contributed by atoms with Gasteiger partial charge < -0.3 is 4.74 Å². The van der Waals surface area contributed by atoms with E-state index in [1.807, 2.05) is 0 Å². The van der Waals surface area contributed by atoms with Gasteiger partial charge in [0, 0.05) is 19.1 Å². The molecule has 0 aromatic carbocycles. The lowest BCUT2D eigenvalue weighted by atomic mass is 10.1. The minimum atomic E-state index is 0.712. The average molecular weight is 193 g/mol. The van der Waals surface area contributed by atoms with Crippen molar-refractivity contribution >= 4 is 11.6 Å². The second kappa shape index (κ2) is 9.34. The van der Waals surface area contributed by atoms with Gasteiger partial charge in [-0.25, -0.2) is 0 Å². The third-order valence-corrected chi connectivity index (χ3v) is 2.22. The van der Waals surface area contributed by atoms with Gasteiger partial charge in [0.1, 0.15) is 0 Å². The molecule has 0 N–H and O–H groups in total. The van der Waals surface area contributed by atoms with Gasteiger partial charge in [-0.15, -0.1) is 11.6 Å². The van der Waals surface area contributed by atoms with E-state index in [0.29, 0.717) is 5.92 Å². The lowest BCUT2D eigenvalue weighted by molar-refractivity contribution is 0.119. The summed E-state index contributed by atoms with van der Waals surface area (Å²) >= 11 is 5.62. The fraction of sp³-hybridized carbons (Fsp3) is 1.00. The maximum absolute atomic E-state index is 5.62. The zero-order chi connectivity index (χ0) is 9.23. The Labute approximate surface area is 81.4 Å². The molecule has 0 fully saturated rings. The van der Waals surface area contributed by atoms with Crippen LogP contribution in [0.2, 0.25) is 0 Å². The highest BCUT2D eigenvalue weighted by Gasteiger charge is 1.99. The summed E-state index contributed by atoms with van der Waals surface area (Å²) in [5, 5.41) is 0. The van der Waals surface area contributed by atoms with E-state index in [1.165, 1.54) is 12.8 Å². The highest BCUT2D eigenvalue weighted by Crippen LogP contribution is 2.08. The van der Waals surface area contributed by atoms with Crippen LogP contribution in [0.3, 0.4) is 0 Å². The van der Waals surface area contributed by atoms with Crippen molar-refractivity contribution in [2.45, 2.75) is 39.5 Å². The first kappa shape index (κ1) is 12.2. The molecule has 1 atom stereocenters. The minimum Gasteiger partial charge on any atom is -0.381 e. The van der Waals surface area contributed by atoms with E-state index in [1.54, 1.807) is 0 Å². The van der Waals surface area contributed by atoms with Crippen molar-refractivity contribution in [1.29, 1.82) is 0 Å². The van der Waals surface area contributed by atoms with E-state index in [9.17, 15) is 0 Å². The van der Waals surface area contributed by atoms with Crippen molar-refractivity contribution < 1.29 is 4.74 Å². The summed E-state index contributed by atoms with van der Waals surface area (Å²) in [6.45, 7) is 6.23. The molecule has 0 heterocycles. The lowest BCUT2D eigenvalue weighted by Crippen LogP contribution is -2.03. The zero-order valence-corrected chi connectivity index (χ0v) is 9.07. The highest BCUT2D eigenvalue weighted by atomic mass is 35.5. The van der Waals surface area contributed by atoms with Crippen LogP contribution in [0.5, 0.6) is 0 Å². The van der Waals surface area contributed by atoms with Gasteiger partial charge in [-0.05, 0) is 25.2 Å². The van der Waals surface area contributed by atoms with Crippen LogP contribution < -0.4 is 0 Å². The summed E-state index contributed by atoms with van der Waals surface area (Å²) in [7, 11) is 0. The van der Waals surface area contributed by atoms with Crippen LogP contribution >= 0.6 is 11.6 Å². The van der Waals surface area contributed by atoms with E-state index < -0.39 is 0 Å². The van der Waals surface area contributed by atoms with E-state index in [4.69, 9.17) is 16.3 Å². The summed E-state index contributed by atoms with van der Waals surface area (Å²) in [4.78, 5) is 0. The molecule has 2 heteroatoms. The predicted molar refractivity (Wildman–Crippen MR) is 54.8 cm³/mol. The van der Waals surface area contributed by atoms with Crippen molar-refractivity contribution in [3.05, 3.63) is 0 Å². The number of alkyl halides is 1. The Hall–Kier alpha value is 0.250. The third-order valence-electron chi connectivity index (χ3n) is 2.00. The Morgan fingerprint density at radius 2 is 2.00 bits per heavy atom. The Balaban J connectivity index is 2.97. The first-order valence-electron chi connectivity index (χ1n) is 4.95. The van der Waals surface area contributed by atoms with E-state index in [2.05, 4.69) is 13.8 Å². The summed E-state index contributed by atoms with van der Waals surface area (Å²) in [5.41, 5.74) is 0. The van der Waals surface area contributed by atoms with Gasteiger partial charge in [-0.2, -0.15) is 0 Å². The molecule has 74 valence electrons. The first-order valence-corrected chi connectivity index (χ1v) is 5.48. The topological polar surface area (TPSA) is 9.23 Å². The monoisotopic (exact) mass is 192 g/mol. The summed E-state index contributed by atoms with van der Waals surface area (Å²) in [6.07, 6.45) is 4.66. The molecule has 0 aromatic heterocycles. The molecule has 0 bridgehead atoms. The molecule has 0 aliphatic heterocycles. The van der Waals surface area contributed by atoms with E-state index in [-0.39, 0.29) is 0 Å². The third kappa shape index (κ3) is 8.35. The van der Waals surface area contributed by atoms with Gasteiger partial charge in [-0.3, -0.25) is 0 Å². The number of hydrogen-bond acceptors (Lipinski definition) is 1. The van der Waals surface area contributed by atoms with Crippen LogP contribution in [0.1, 0.15) is 39.5 Å². The van der Waals surface area contributed by atoms with E-state index in [0.717, 1.165) is 31.9 Å². The largest absolute Gasteiger partial charge is 0.381 e. The van der Waals surface area contributed by atoms with Crippen molar-refractivity contribution in [2.75, 3.05) is 19.1 Å². The van der Waals surface area contributed by atoms with Gasteiger partial charge in [-0.1, -0.05) is 20.3 Å². The maximum Gasteiger partial charge on any atom is 0.0468 e. The Morgan fingerprint density at radius 1 is 1.25 bits per heavy atom. The second-order valence-electron chi connectivity index (χ2n) is 3.34. The normalized spacial score (nSPS) is 13.2. The molecule has 0 saturated carbocycles. The van der Waals surface area contributed by atoms with Crippen LogP contribution in [0, 0.1) is 5.92 Å². The minimum absolute atomic E-state index is 0.712. The van der Waals surface area contributed by atoms with Gasteiger partial charge in [0.15, 0.2) is 0 Å². The lowest BCUT2D eigenvalue weighted by Gasteiger charge is -2.09. The SMILES string of the molecule is CCCCOCCC(C)CCCl. The van der Waals surface area contributed by atoms with Crippen molar-refractivity contribution in [2.24, 2.45) is 5.92 Å². The molecule has 0 aliphatic rings. The van der Waals surface area contributed by atoms with E-state index >= 15 is 0 Å². The van der Waals surface area contributed by atoms with Gasteiger partial charge in [0.2, 0.25) is 0 Å². The molecule has 0 rings (SSSR count). The number of hydrogen-bond donors (Lipinski definition) is 0. The maximum atomic E-state index is 5.62. The van der Waals surface area contributed by atoms with Crippen LogP contribution in [-0.4, -0.2) is 19.1 Å². The molecule has 0 spiro atoms. The number of halogens is 1. The molecule has 0 radical (unpaired) electrons. The molecular formula is C10H21ClO. The molecule has 0 aromatic rings. The Bertz CT molecular complexity index is 85.9. The second-order valence-corrected chi connectivity index (χ2v) is 3.72. The molecule has 1 unspecified atom stereocenters. The van der Waals surface area contributed by atoms with Crippen molar-refractivity contribution in [3.8, 4) is 0 Å². The van der Waals surface area contributed by atoms with Crippen molar-refractivity contribution in [1.82, 2.24) is 0 Å². The molecule has 0 amide bonds. The van der Waals surface area contributed by atoms with Gasteiger partial charge >= 0.3 is 0 Å².